The quantitative estimate of drug-likeness (QED) is 0.395. The van der Waals surface area contributed by atoms with Gasteiger partial charge in [0.1, 0.15) is 24.5 Å². The van der Waals surface area contributed by atoms with Crippen molar-refractivity contribution in [1.82, 2.24) is 0 Å². The van der Waals surface area contributed by atoms with Crippen LogP contribution in [-0.2, 0) is 15.5 Å². The predicted molar refractivity (Wildman–Crippen MR) is 117 cm³/mol. The van der Waals surface area contributed by atoms with E-state index in [0.717, 1.165) is 17.0 Å². The van der Waals surface area contributed by atoms with Crippen molar-refractivity contribution < 1.29 is 40.4 Å². The third-order valence-corrected chi connectivity index (χ3v) is 5.27. The first kappa shape index (κ1) is 26.3. The van der Waals surface area contributed by atoms with Crippen molar-refractivity contribution in [3.63, 3.8) is 0 Å². The zero-order valence-electron chi connectivity index (χ0n) is 18.8. The van der Waals surface area contributed by atoms with Crippen LogP contribution in [0.1, 0.15) is 25.0 Å². The van der Waals surface area contributed by atoms with Gasteiger partial charge in [0.25, 0.3) is 0 Å². The van der Waals surface area contributed by atoms with Crippen molar-refractivity contribution in [2.24, 2.45) is 0 Å². The van der Waals surface area contributed by atoms with Gasteiger partial charge >= 0.3 is 19.5 Å². The number of hydrogen-bond donors (Lipinski definition) is 0. The van der Waals surface area contributed by atoms with Crippen LogP contribution in [0.5, 0.6) is 5.75 Å². The van der Waals surface area contributed by atoms with Crippen LogP contribution in [0, 0.1) is 11.3 Å². The molecule has 35 heavy (non-hydrogen) atoms. The highest BCUT2D eigenvalue weighted by atomic mass is 19.4. The lowest BCUT2D eigenvalue weighted by Crippen LogP contribution is -2.37. The fourth-order valence-corrected chi connectivity index (χ4v) is 3.34. The molecule has 0 atom stereocenters. The first-order chi connectivity index (χ1) is 16.2. The van der Waals surface area contributed by atoms with E-state index in [2.05, 4.69) is 6.58 Å². The fraction of sp³-hybridized carbons (Fsp3) is 0.348. The van der Waals surface area contributed by atoms with Crippen molar-refractivity contribution in [3.8, 4) is 11.8 Å². The minimum atomic E-state index is -4.89. The Morgan fingerprint density at radius 2 is 1.74 bits per heavy atom. The molecule has 1 heterocycles. The minimum absolute atomic E-state index is 0.239. The number of anilines is 1. The summed E-state index contributed by atoms with van der Waals surface area (Å²) in [5, 5.41) is 8.91. The molecule has 1 aliphatic heterocycles. The fourth-order valence-electron chi connectivity index (χ4n) is 3.34. The summed E-state index contributed by atoms with van der Waals surface area (Å²) in [4.78, 5) is 0.721. The third-order valence-electron chi connectivity index (χ3n) is 5.27. The van der Waals surface area contributed by atoms with Crippen molar-refractivity contribution in [2.75, 3.05) is 24.6 Å². The SMILES string of the molecule is C=C1OB(c2ccc(OCCN(CC(F)(F)F)c3ccc(C#N)c(C(F)(F)F)c3)cc2)OC1(C)C. The largest absolute Gasteiger partial charge is 0.563 e. The lowest BCUT2D eigenvalue weighted by molar-refractivity contribution is -0.137. The van der Waals surface area contributed by atoms with Crippen LogP contribution in [0.15, 0.2) is 54.8 Å². The van der Waals surface area contributed by atoms with Crippen LogP contribution in [0.3, 0.4) is 0 Å². The number of hydrogen-bond acceptors (Lipinski definition) is 5. The smallest absolute Gasteiger partial charge is 0.534 e. The number of halogens is 6. The molecular formula is C23H21BF6N2O3. The van der Waals surface area contributed by atoms with Gasteiger partial charge in [0.15, 0.2) is 0 Å². The van der Waals surface area contributed by atoms with Crippen LogP contribution in [0.25, 0.3) is 0 Å². The molecule has 0 aliphatic carbocycles. The number of alkyl halides is 6. The molecule has 0 radical (unpaired) electrons. The van der Waals surface area contributed by atoms with Gasteiger partial charge in [-0.3, -0.25) is 0 Å². The van der Waals surface area contributed by atoms with Gasteiger partial charge in [0.05, 0.1) is 29.5 Å². The van der Waals surface area contributed by atoms with E-state index in [-0.39, 0.29) is 18.8 Å². The van der Waals surface area contributed by atoms with Crippen LogP contribution >= 0.6 is 0 Å². The Kier molecular flexibility index (Phi) is 7.31. The molecule has 0 N–H and O–H groups in total. The van der Waals surface area contributed by atoms with E-state index in [1.54, 1.807) is 24.3 Å². The zero-order valence-corrected chi connectivity index (χ0v) is 18.8. The molecule has 5 nitrogen and oxygen atoms in total. The highest BCUT2D eigenvalue weighted by Crippen LogP contribution is 2.35. The molecule has 2 aromatic carbocycles. The second kappa shape index (κ2) is 9.74. The Morgan fingerprint density at radius 3 is 2.26 bits per heavy atom. The lowest BCUT2D eigenvalue weighted by atomic mass is 9.79. The summed E-state index contributed by atoms with van der Waals surface area (Å²) in [6.07, 6.45) is -9.56. The standard InChI is InChI=1S/C23H21BF6N2O3/c1-15-21(2,3)35-24(34-15)17-5-8-19(9-6-17)33-11-10-32(14-22(25,26)27)18-7-4-16(13-31)20(12-18)23(28,29)30/h4-9,12H,1,10-11,14H2,2-3H3. The van der Waals surface area contributed by atoms with Gasteiger partial charge in [0, 0.05) is 5.69 Å². The summed E-state index contributed by atoms with van der Waals surface area (Å²) in [5.41, 5.74) is -2.28. The maximum absolute atomic E-state index is 13.3. The second-order valence-electron chi connectivity index (χ2n) is 8.29. The van der Waals surface area contributed by atoms with Crippen LogP contribution < -0.4 is 15.1 Å². The summed E-state index contributed by atoms with van der Waals surface area (Å²) >= 11 is 0. The second-order valence-corrected chi connectivity index (χ2v) is 8.29. The molecule has 0 saturated carbocycles. The Bertz CT molecular complexity index is 1110. The molecule has 12 heteroatoms. The van der Waals surface area contributed by atoms with E-state index in [4.69, 9.17) is 19.3 Å². The Labute approximate surface area is 198 Å². The normalized spacial score (nSPS) is 15.5. The van der Waals surface area contributed by atoms with Crippen molar-refractivity contribution in [3.05, 3.63) is 65.9 Å². The Morgan fingerprint density at radius 1 is 1.09 bits per heavy atom. The highest BCUT2D eigenvalue weighted by Gasteiger charge is 2.42. The van der Waals surface area contributed by atoms with E-state index in [9.17, 15) is 26.3 Å². The van der Waals surface area contributed by atoms with Crippen LogP contribution in [-0.4, -0.2) is 38.6 Å². The van der Waals surface area contributed by atoms with Crippen molar-refractivity contribution in [2.45, 2.75) is 31.8 Å². The summed E-state index contributed by atoms with van der Waals surface area (Å²) < 4.78 is 96.0. The lowest BCUT2D eigenvalue weighted by Gasteiger charge is -2.27. The van der Waals surface area contributed by atoms with E-state index in [0.29, 0.717) is 23.0 Å². The molecule has 2 aromatic rings. The average molecular weight is 498 g/mol. The van der Waals surface area contributed by atoms with Gasteiger partial charge in [-0.05, 0) is 49.6 Å². The van der Waals surface area contributed by atoms with E-state index in [1.165, 1.54) is 6.07 Å². The maximum Gasteiger partial charge on any atom is 0.563 e. The van der Waals surface area contributed by atoms with Gasteiger partial charge in [-0.1, -0.05) is 18.7 Å². The molecule has 1 saturated heterocycles. The average Bonchev–Trinajstić information content (AvgIpc) is 3.04. The third kappa shape index (κ3) is 6.63. The monoisotopic (exact) mass is 498 g/mol. The first-order valence-corrected chi connectivity index (χ1v) is 10.4. The number of ether oxygens (including phenoxy) is 1. The molecule has 0 aromatic heterocycles. The predicted octanol–water partition coefficient (Wildman–Crippen LogP) is 5.06. The molecule has 0 amide bonds. The Hall–Kier alpha value is -3.33. The number of nitrogens with zero attached hydrogens (tertiary/aromatic N) is 2. The van der Waals surface area contributed by atoms with E-state index in [1.807, 2.05) is 13.8 Å². The molecule has 1 aliphatic rings. The molecule has 0 unspecified atom stereocenters. The molecule has 3 rings (SSSR count). The van der Waals surface area contributed by atoms with Crippen LogP contribution in [0.2, 0.25) is 0 Å². The summed E-state index contributed by atoms with van der Waals surface area (Å²) in [6, 6.07) is 10.3. The number of rotatable bonds is 7. The molecular weight excluding hydrogens is 477 g/mol. The summed E-state index contributed by atoms with van der Waals surface area (Å²) in [5.74, 6) is 0.816. The summed E-state index contributed by atoms with van der Waals surface area (Å²) in [6.45, 7) is 5.34. The van der Waals surface area contributed by atoms with E-state index >= 15 is 0 Å². The number of nitriles is 1. The van der Waals surface area contributed by atoms with Gasteiger partial charge in [0.2, 0.25) is 0 Å². The number of benzene rings is 2. The van der Waals surface area contributed by atoms with Crippen molar-refractivity contribution >= 4 is 18.3 Å². The van der Waals surface area contributed by atoms with E-state index < -0.39 is 42.7 Å². The van der Waals surface area contributed by atoms with Gasteiger partial charge in [-0.2, -0.15) is 31.6 Å². The topological polar surface area (TPSA) is 54.7 Å². The highest BCUT2D eigenvalue weighted by molar-refractivity contribution is 6.62. The Balaban J connectivity index is 1.70. The minimum Gasteiger partial charge on any atom is -0.534 e. The van der Waals surface area contributed by atoms with Gasteiger partial charge < -0.3 is 18.9 Å². The molecule has 0 bridgehead atoms. The first-order valence-electron chi connectivity index (χ1n) is 10.4. The van der Waals surface area contributed by atoms with Crippen molar-refractivity contribution in [1.29, 1.82) is 5.26 Å². The molecule has 186 valence electrons. The van der Waals surface area contributed by atoms with Crippen LogP contribution in [0.4, 0.5) is 32.0 Å². The summed E-state index contributed by atoms with van der Waals surface area (Å²) in [7, 11) is -0.659. The van der Waals surface area contributed by atoms with Gasteiger partial charge in [-0.15, -0.1) is 0 Å². The molecule has 1 fully saturated rings. The maximum atomic E-state index is 13.3. The molecule has 0 spiro atoms. The van der Waals surface area contributed by atoms with Gasteiger partial charge in [-0.25, -0.2) is 0 Å². The zero-order chi connectivity index (χ0) is 26.0.